The standard InChI is InChI=1S/C10H20N2O2S/c1-2-3-4-10(12-11)7-9-5-6-15(13,14)8-9/h2,9-10,12H,1,3-8,11H2. The second-order valence-corrected chi connectivity index (χ2v) is 6.46. The van der Waals surface area contributed by atoms with Crippen LogP contribution in [0.3, 0.4) is 0 Å². The number of nitrogens with two attached hydrogens (primary N) is 1. The van der Waals surface area contributed by atoms with Crippen molar-refractivity contribution >= 4 is 9.84 Å². The van der Waals surface area contributed by atoms with Crippen LogP contribution in [0.1, 0.15) is 25.7 Å². The molecule has 0 aromatic rings. The topological polar surface area (TPSA) is 72.2 Å². The zero-order valence-corrected chi connectivity index (χ0v) is 9.80. The molecule has 0 aromatic heterocycles. The van der Waals surface area contributed by atoms with Crippen molar-refractivity contribution in [3.63, 3.8) is 0 Å². The molecular weight excluding hydrogens is 212 g/mol. The summed E-state index contributed by atoms with van der Waals surface area (Å²) in [6.07, 6.45) is 5.33. The molecule has 0 amide bonds. The van der Waals surface area contributed by atoms with Crippen LogP contribution in [-0.4, -0.2) is 26.0 Å². The Morgan fingerprint density at radius 1 is 1.60 bits per heavy atom. The van der Waals surface area contributed by atoms with E-state index in [9.17, 15) is 8.42 Å². The second-order valence-electron chi connectivity index (χ2n) is 4.23. The molecule has 5 heteroatoms. The lowest BCUT2D eigenvalue weighted by atomic mass is 9.97. The summed E-state index contributed by atoms with van der Waals surface area (Å²) < 4.78 is 22.5. The molecule has 1 aliphatic rings. The van der Waals surface area contributed by atoms with Crippen molar-refractivity contribution in [2.45, 2.75) is 31.7 Å². The predicted molar refractivity (Wildman–Crippen MR) is 61.9 cm³/mol. The molecule has 2 atom stereocenters. The normalized spacial score (nSPS) is 26.3. The molecule has 15 heavy (non-hydrogen) atoms. The van der Waals surface area contributed by atoms with Gasteiger partial charge in [0, 0.05) is 6.04 Å². The Balaban J connectivity index is 2.36. The highest BCUT2D eigenvalue weighted by Gasteiger charge is 2.29. The maximum Gasteiger partial charge on any atom is 0.150 e. The second kappa shape index (κ2) is 5.63. The Kier molecular flexibility index (Phi) is 4.76. The number of sulfone groups is 1. The fraction of sp³-hybridized carbons (Fsp3) is 0.800. The summed E-state index contributed by atoms with van der Waals surface area (Å²) >= 11 is 0. The summed E-state index contributed by atoms with van der Waals surface area (Å²) in [5.41, 5.74) is 2.75. The van der Waals surface area contributed by atoms with Gasteiger partial charge in [-0.15, -0.1) is 6.58 Å². The first-order valence-electron chi connectivity index (χ1n) is 5.35. The van der Waals surface area contributed by atoms with Crippen molar-refractivity contribution in [1.29, 1.82) is 0 Å². The molecule has 2 unspecified atom stereocenters. The van der Waals surface area contributed by atoms with Crippen LogP contribution in [0.25, 0.3) is 0 Å². The molecule has 1 fully saturated rings. The fourth-order valence-electron chi connectivity index (χ4n) is 2.05. The van der Waals surface area contributed by atoms with Crippen LogP contribution in [0.5, 0.6) is 0 Å². The molecule has 4 nitrogen and oxygen atoms in total. The molecular formula is C10H20N2O2S. The Morgan fingerprint density at radius 3 is 2.80 bits per heavy atom. The van der Waals surface area contributed by atoms with Crippen molar-refractivity contribution in [1.82, 2.24) is 5.43 Å². The first kappa shape index (κ1) is 12.7. The Bertz CT molecular complexity index is 301. The maximum absolute atomic E-state index is 11.3. The van der Waals surface area contributed by atoms with E-state index in [2.05, 4.69) is 12.0 Å². The lowest BCUT2D eigenvalue weighted by Gasteiger charge is -2.18. The summed E-state index contributed by atoms with van der Waals surface area (Å²) in [4.78, 5) is 0. The third kappa shape index (κ3) is 4.32. The van der Waals surface area contributed by atoms with Crippen LogP contribution < -0.4 is 11.3 Å². The zero-order valence-electron chi connectivity index (χ0n) is 8.98. The van der Waals surface area contributed by atoms with Gasteiger partial charge in [-0.25, -0.2) is 8.42 Å². The van der Waals surface area contributed by atoms with Gasteiger partial charge in [0.05, 0.1) is 11.5 Å². The van der Waals surface area contributed by atoms with Crippen molar-refractivity contribution in [2.75, 3.05) is 11.5 Å². The van der Waals surface area contributed by atoms with Gasteiger partial charge in [0.1, 0.15) is 0 Å². The van der Waals surface area contributed by atoms with Crippen molar-refractivity contribution in [3.8, 4) is 0 Å². The fourth-order valence-corrected chi connectivity index (χ4v) is 3.93. The van der Waals surface area contributed by atoms with Gasteiger partial charge in [0.2, 0.25) is 0 Å². The molecule has 0 spiro atoms. The minimum atomic E-state index is -2.76. The first-order chi connectivity index (χ1) is 7.07. The summed E-state index contributed by atoms with van der Waals surface area (Å²) in [7, 11) is -2.76. The summed E-state index contributed by atoms with van der Waals surface area (Å²) in [6.45, 7) is 3.66. The van der Waals surface area contributed by atoms with E-state index in [1.54, 1.807) is 0 Å². The van der Waals surface area contributed by atoms with Gasteiger partial charge >= 0.3 is 0 Å². The number of hydrogen-bond acceptors (Lipinski definition) is 4. The highest BCUT2D eigenvalue weighted by atomic mass is 32.2. The molecule has 0 saturated carbocycles. The zero-order chi connectivity index (χ0) is 11.3. The van der Waals surface area contributed by atoms with Crippen LogP contribution in [0.15, 0.2) is 12.7 Å². The van der Waals surface area contributed by atoms with E-state index in [1.807, 2.05) is 6.08 Å². The first-order valence-corrected chi connectivity index (χ1v) is 7.17. The Hall–Kier alpha value is -0.390. The van der Waals surface area contributed by atoms with E-state index in [0.29, 0.717) is 11.5 Å². The largest absolute Gasteiger partial charge is 0.271 e. The van der Waals surface area contributed by atoms with Crippen LogP contribution in [0.2, 0.25) is 0 Å². The van der Waals surface area contributed by atoms with Gasteiger partial charge in [-0.1, -0.05) is 6.08 Å². The Morgan fingerprint density at radius 2 is 2.33 bits per heavy atom. The highest BCUT2D eigenvalue weighted by molar-refractivity contribution is 7.91. The van der Waals surface area contributed by atoms with Gasteiger partial charge < -0.3 is 0 Å². The highest BCUT2D eigenvalue weighted by Crippen LogP contribution is 2.23. The molecule has 1 rings (SSSR count). The van der Waals surface area contributed by atoms with Crippen molar-refractivity contribution < 1.29 is 8.42 Å². The minimum absolute atomic E-state index is 0.210. The summed E-state index contributed by atoms with van der Waals surface area (Å²) in [5, 5.41) is 0. The van der Waals surface area contributed by atoms with E-state index >= 15 is 0 Å². The van der Waals surface area contributed by atoms with Crippen LogP contribution in [-0.2, 0) is 9.84 Å². The van der Waals surface area contributed by atoms with E-state index < -0.39 is 9.84 Å². The molecule has 0 aliphatic carbocycles. The SMILES string of the molecule is C=CCCC(CC1CCS(=O)(=O)C1)NN. The van der Waals surface area contributed by atoms with Gasteiger partial charge in [0.15, 0.2) is 9.84 Å². The van der Waals surface area contributed by atoms with Crippen LogP contribution in [0.4, 0.5) is 0 Å². The number of allylic oxidation sites excluding steroid dienone is 1. The van der Waals surface area contributed by atoms with E-state index in [-0.39, 0.29) is 12.0 Å². The number of nitrogens with one attached hydrogen (secondary N) is 1. The molecule has 1 aliphatic heterocycles. The number of rotatable bonds is 6. The average molecular weight is 232 g/mol. The molecule has 0 radical (unpaired) electrons. The van der Waals surface area contributed by atoms with Crippen LogP contribution >= 0.6 is 0 Å². The van der Waals surface area contributed by atoms with E-state index in [0.717, 1.165) is 25.7 Å². The summed E-state index contributed by atoms with van der Waals surface area (Å²) in [6, 6.07) is 0.210. The van der Waals surface area contributed by atoms with Gasteiger partial charge in [-0.05, 0) is 31.6 Å². The average Bonchev–Trinajstić information content (AvgIpc) is 2.52. The van der Waals surface area contributed by atoms with Gasteiger partial charge in [-0.3, -0.25) is 11.3 Å². The molecule has 3 N–H and O–H groups in total. The molecule has 1 saturated heterocycles. The molecule has 1 heterocycles. The van der Waals surface area contributed by atoms with E-state index in [1.165, 1.54) is 0 Å². The third-order valence-corrected chi connectivity index (χ3v) is 4.74. The lowest BCUT2D eigenvalue weighted by molar-refractivity contribution is 0.394. The van der Waals surface area contributed by atoms with Gasteiger partial charge in [0.25, 0.3) is 0 Å². The molecule has 0 aromatic carbocycles. The number of hydrazine groups is 1. The van der Waals surface area contributed by atoms with Gasteiger partial charge in [-0.2, -0.15) is 0 Å². The third-order valence-electron chi connectivity index (χ3n) is 2.90. The molecule has 88 valence electrons. The predicted octanol–water partition coefficient (Wildman–Crippen LogP) is 0.609. The smallest absolute Gasteiger partial charge is 0.150 e. The minimum Gasteiger partial charge on any atom is -0.271 e. The van der Waals surface area contributed by atoms with Crippen molar-refractivity contribution in [3.05, 3.63) is 12.7 Å². The quantitative estimate of drug-likeness (QED) is 0.400. The monoisotopic (exact) mass is 232 g/mol. The van der Waals surface area contributed by atoms with Crippen molar-refractivity contribution in [2.24, 2.45) is 11.8 Å². The number of hydrogen-bond donors (Lipinski definition) is 2. The lowest BCUT2D eigenvalue weighted by Crippen LogP contribution is -2.36. The maximum atomic E-state index is 11.3. The summed E-state index contributed by atoms with van der Waals surface area (Å²) in [5.74, 6) is 6.38. The molecule has 0 bridgehead atoms. The van der Waals surface area contributed by atoms with E-state index in [4.69, 9.17) is 5.84 Å². The van der Waals surface area contributed by atoms with Crippen LogP contribution in [0, 0.1) is 5.92 Å². The Labute approximate surface area is 91.8 Å².